The van der Waals surface area contributed by atoms with Gasteiger partial charge in [-0.1, -0.05) is 45.2 Å². The molecule has 0 aliphatic heterocycles. The maximum atomic E-state index is 6.04. The third-order valence-electron chi connectivity index (χ3n) is 1.99. The third kappa shape index (κ3) is 4.08. The molecule has 0 spiro atoms. The van der Waals surface area contributed by atoms with Gasteiger partial charge in [0.1, 0.15) is 0 Å². The highest BCUT2D eigenvalue weighted by Gasteiger charge is 2.21. The van der Waals surface area contributed by atoms with Gasteiger partial charge in [0.05, 0.1) is 6.61 Å². The lowest BCUT2D eigenvalue weighted by atomic mass is 10.2. The monoisotopic (exact) mass is 326 g/mol. The van der Waals surface area contributed by atoms with Crippen LogP contribution in [0.25, 0.3) is 0 Å². The summed E-state index contributed by atoms with van der Waals surface area (Å²) in [4.78, 5) is 0.905. The first-order valence-corrected chi connectivity index (χ1v) is 9.58. The summed E-state index contributed by atoms with van der Waals surface area (Å²) in [6.45, 7) is 4.78. The molecule has 0 saturated carbocycles. The van der Waals surface area contributed by atoms with Crippen molar-refractivity contribution in [2.75, 3.05) is 4.95 Å². The molecular formula is C10H13BrCl2OSi. The zero-order valence-electron chi connectivity index (χ0n) is 8.69. The zero-order chi connectivity index (χ0) is 11.5. The Morgan fingerprint density at radius 3 is 2.27 bits per heavy atom. The molecule has 0 radical (unpaired) electrons. The largest absolute Gasteiger partial charge is 0.412 e. The van der Waals surface area contributed by atoms with E-state index < -0.39 is 8.32 Å². The second kappa shape index (κ2) is 5.69. The van der Waals surface area contributed by atoms with Crippen molar-refractivity contribution in [1.82, 2.24) is 0 Å². The number of halogens is 3. The Bertz CT molecular complexity index is 324. The predicted molar refractivity (Wildman–Crippen MR) is 72.5 cm³/mol. The first kappa shape index (κ1) is 13.5. The van der Waals surface area contributed by atoms with Crippen molar-refractivity contribution in [2.24, 2.45) is 0 Å². The fourth-order valence-corrected chi connectivity index (χ4v) is 2.58. The Labute approximate surface area is 110 Å². The van der Waals surface area contributed by atoms with Gasteiger partial charge in [0, 0.05) is 20.6 Å². The molecule has 0 aromatic heterocycles. The van der Waals surface area contributed by atoms with Crippen LogP contribution >= 0.6 is 39.1 Å². The van der Waals surface area contributed by atoms with Crippen LogP contribution in [-0.4, -0.2) is 13.3 Å². The van der Waals surface area contributed by atoms with E-state index in [1.54, 1.807) is 0 Å². The second-order valence-corrected chi connectivity index (χ2v) is 10.5. The van der Waals surface area contributed by atoms with Gasteiger partial charge in [-0.25, -0.2) is 0 Å². The summed E-state index contributed by atoms with van der Waals surface area (Å²) in [7, 11) is -1.61. The van der Waals surface area contributed by atoms with E-state index >= 15 is 0 Å². The molecule has 1 aromatic rings. The van der Waals surface area contributed by atoms with Crippen LogP contribution in [0, 0.1) is 0 Å². The van der Waals surface area contributed by atoms with Crippen LogP contribution in [0.5, 0.6) is 0 Å². The van der Waals surface area contributed by atoms with Gasteiger partial charge in [-0.3, -0.25) is 0 Å². The zero-order valence-corrected chi connectivity index (χ0v) is 12.8. The van der Waals surface area contributed by atoms with E-state index in [4.69, 9.17) is 27.6 Å². The molecule has 0 unspecified atom stereocenters. The molecule has 1 aromatic carbocycles. The van der Waals surface area contributed by atoms with Crippen LogP contribution in [0.2, 0.25) is 23.1 Å². The lowest BCUT2D eigenvalue weighted by molar-refractivity contribution is 0.299. The maximum Gasteiger partial charge on any atom is 0.197 e. The van der Waals surface area contributed by atoms with Crippen LogP contribution in [-0.2, 0) is 11.0 Å². The number of benzene rings is 1. The molecule has 0 fully saturated rings. The summed E-state index contributed by atoms with van der Waals surface area (Å²) in [6.07, 6.45) is 0. The highest BCUT2D eigenvalue weighted by molar-refractivity contribution is 9.09. The van der Waals surface area contributed by atoms with Crippen LogP contribution in [0.3, 0.4) is 0 Å². The summed E-state index contributed by atoms with van der Waals surface area (Å²) in [6, 6.07) is 5.49. The molecular weight excluding hydrogens is 315 g/mol. The van der Waals surface area contributed by atoms with Gasteiger partial charge in [0.15, 0.2) is 8.32 Å². The van der Waals surface area contributed by atoms with Crippen LogP contribution in [0.1, 0.15) is 5.56 Å². The first-order valence-electron chi connectivity index (χ1n) is 4.59. The molecule has 0 bridgehead atoms. The molecule has 0 N–H and O–H groups in total. The number of hydrogen-bond acceptors (Lipinski definition) is 1. The van der Waals surface area contributed by atoms with Crippen LogP contribution < -0.4 is 0 Å². The smallest absolute Gasteiger partial charge is 0.197 e. The Balaban J connectivity index is 2.73. The predicted octanol–water partition coefficient (Wildman–Crippen LogP) is 4.65. The molecule has 1 rings (SSSR count). The Morgan fingerprint density at radius 2 is 1.80 bits per heavy atom. The van der Waals surface area contributed by atoms with Crippen molar-refractivity contribution in [2.45, 2.75) is 19.7 Å². The van der Waals surface area contributed by atoms with E-state index in [1.165, 1.54) is 0 Å². The van der Waals surface area contributed by atoms with E-state index in [-0.39, 0.29) is 0 Å². The summed E-state index contributed by atoms with van der Waals surface area (Å²) in [5.41, 5.74) is 0.877. The summed E-state index contributed by atoms with van der Waals surface area (Å²) in [5, 5.41) is 1.34. The van der Waals surface area contributed by atoms with Crippen molar-refractivity contribution in [3.8, 4) is 0 Å². The Hall–Kier alpha value is 0.457. The standard InChI is InChI=1S/C10H13BrCl2OSi/c1-15(2,7-11)14-6-8-9(12)4-3-5-10(8)13/h3-5H,6-7H2,1-2H3. The van der Waals surface area contributed by atoms with E-state index in [0.717, 1.165) is 10.5 Å². The molecule has 0 atom stereocenters. The fourth-order valence-electron chi connectivity index (χ4n) is 0.976. The maximum absolute atomic E-state index is 6.04. The molecule has 0 aliphatic rings. The third-order valence-corrected chi connectivity index (χ3v) is 8.32. The number of hydrogen-bond donors (Lipinski definition) is 0. The van der Waals surface area contributed by atoms with E-state index in [9.17, 15) is 0 Å². The minimum Gasteiger partial charge on any atom is -0.412 e. The second-order valence-electron chi connectivity index (χ2n) is 3.88. The normalized spacial score (nSPS) is 11.8. The van der Waals surface area contributed by atoms with E-state index in [2.05, 4.69) is 29.0 Å². The topological polar surface area (TPSA) is 9.23 Å². The van der Waals surface area contributed by atoms with Gasteiger partial charge < -0.3 is 4.43 Å². The van der Waals surface area contributed by atoms with Crippen LogP contribution in [0.15, 0.2) is 18.2 Å². The summed E-state index contributed by atoms with van der Waals surface area (Å²) in [5.74, 6) is 0. The first-order chi connectivity index (χ1) is 6.96. The Morgan fingerprint density at radius 1 is 1.27 bits per heavy atom. The highest BCUT2D eigenvalue weighted by atomic mass is 79.9. The van der Waals surface area contributed by atoms with Crippen molar-refractivity contribution >= 4 is 47.4 Å². The quantitative estimate of drug-likeness (QED) is 0.577. The van der Waals surface area contributed by atoms with Crippen molar-refractivity contribution in [3.63, 3.8) is 0 Å². The fraction of sp³-hybridized carbons (Fsp3) is 0.400. The van der Waals surface area contributed by atoms with Gasteiger partial charge in [0.2, 0.25) is 0 Å². The molecule has 0 heterocycles. The SMILES string of the molecule is C[Si](C)(CBr)OCc1c(Cl)cccc1Cl. The average molecular weight is 328 g/mol. The van der Waals surface area contributed by atoms with Gasteiger partial charge in [-0.05, 0) is 25.2 Å². The summed E-state index contributed by atoms with van der Waals surface area (Å²) < 4.78 is 5.85. The van der Waals surface area contributed by atoms with Crippen LogP contribution in [0.4, 0.5) is 0 Å². The van der Waals surface area contributed by atoms with Gasteiger partial charge in [-0.2, -0.15) is 0 Å². The van der Waals surface area contributed by atoms with E-state index in [1.807, 2.05) is 18.2 Å². The molecule has 15 heavy (non-hydrogen) atoms. The molecule has 84 valence electrons. The van der Waals surface area contributed by atoms with Gasteiger partial charge in [0.25, 0.3) is 0 Å². The highest BCUT2D eigenvalue weighted by Crippen LogP contribution is 2.26. The molecule has 1 nitrogen and oxygen atoms in total. The number of alkyl halides is 1. The number of rotatable bonds is 4. The van der Waals surface area contributed by atoms with Gasteiger partial charge >= 0.3 is 0 Å². The molecule has 0 aliphatic carbocycles. The van der Waals surface area contributed by atoms with E-state index in [0.29, 0.717) is 16.7 Å². The lowest BCUT2D eigenvalue weighted by Gasteiger charge is -2.20. The molecule has 5 heteroatoms. The Kier molecular flexibility index (Phi) is 5.13. The van der Waals surface area contributed by atoms with Crippen molar-refractivity contribution in [3.05, 3.63) is 33.8 Å². The van der Waals surface area contributed by atoms with Gasteiger partial charge in [-0.15, -0.1) is 0 Å². The molecule has 0 saturated heterocycles. The van der Waals surface area contributed by atoms with Crippen molar-refractivity contribution < 1.29 is 4.43 Å². The molecule has 0 amide bonds. The lowest BCUT2D eigenvalue weighted by Crippen LogP contribution is -2.32. The minimum atomic E-state index is -1.61. The minimum absolute atomic E-state index is 0.489. The van der Waals surface area contributed by atoms with Crippen molar-refractivity contribution in [1.29, 1.82) is 0 Å². The average Bonchev–Trinajstić information content (AvgIpc) is 2.17. The summed E-state index contributed by atoms with van der Waals surface area (Å²) >= 11 is 15.5.